The molecular weight excluding hydrogens is 798 g/mol. The lowest BCUT2D eigenvalue weighted by molar-refractivity contribution is -0.870. The summed E-state index contributed by atoms with van der Waals surface area (Å²) in [7, 11) is 1.15. The summed E-state index contributed by atoms with van der Waals surface area (Å²) in [6.07, 6.45) is 50.8. The van der Waals surface area contributed by atoms with Crippen LogP contribution in [0.1, 0.15) is 232 Å². The van der Waals surface area contributed by atoms with E-state index in [1.54, 1.807) is 0 Å². The molecule has 0 radical (unpaired) electrons. The average Bonchev–Trinajstić information content (AvgIpc) is 3.23. The van der Waals surface area contributed by atoms with Gasteiger partial charge in [-0.25, -0.2) is 0 Å². The van der Waals surface area contributed by atoms with Crippen molar-refractivity contribution in [2.45, 2.75) is 238 Å². The van der Waals surface area contributed by atoms with Crippen LogP contribution in [-0.4, -0.2) is 70.0 Å². The second kappa shape index (κ2) is 44.4. The van der Waals surface area contributed by atoms with E-state index in [2.05, 4.69) is 37.8 Å². The number of rotatable bonds is 48. The molecule has 0 aliphatic carbocycles. The van der Waals surface area contributed by atoms with Crippen LogP contribution in [0.3, 0.4) is 0 Å². The molecule has 0 amide bonds. The van der Waals surface area contributed by atoms with E-state index in [4.69, 9.17) is 18.5 Å². The largest absolute Gasteiger partial charge is 0.756 e. The average molecular weight is 896 g/mol. The lowest BCUT2D eigenvalue weighted by atomic mass is 10.0. The molecule has 0 saturated carbocycles. The standard InChI is InChI=1S/C52H98NO8P/c1-6-8-10-12-14-16-18-20-22-23-24-25-26-27-28-29-31-32-34-36-38-40-42-44-51(54)58-48-50(49-60-62(56,57)59-47-46-53(3,4)5)61-52(55)45-43-41-39-37-35-33-30-21-19-17-15-13-11-9-7-2/h7,29,31,36,38,50H,2,6,8-28,30,32-35,37,39-49H2,1,3-5H3/b31-29+,38-36+/t50-/m0/s1. The number of esters is 2. The van der Waals surface area contributed by atoms with Gasteiger partial charge in [-0.1, -0.05) is 191 Å². The molecule has 0 aromatic rings. The normalized spacial score (nSPS) is 13.5. The van der Waals surface area contributed by atoms with Gasteiger partial charge in [-0.3, -0.25) is 14.2 Å². The molecule has 62 heavy (non-hydrogen) atoms. The van der Waals surface area contributed by atoms with Gasteiger partial charge in [0.1, 0.15) is 19.8 Å². The third-order valence-electron chi connectivity index (χ3n) is 11.3. The Kier molecular flexibility index (Phi) is 43.2. The van der Waals surface area contributed by atoms with Gasteiger partial charge in [0.05, 0.1) is 27.7 Å². The maximum Gasteiger partial charge on any atom is 0.306 e. The minimum atomic E-state index is -4.64. The third-order valence-corrected chi connectivity index (χ3v) is 12.2. The number of phosphoric acid groups is 1. The highest BCUT2D eigenvalue weighted by Crippen LogP contribution is 2.38. The van der Waals surface area contributed by atoms with Crippen molar-refractivity contribution in [2.24, 2.45) is 0 Å². The van der Waals surface area contributed by atoms with Crippen LogP contribution in [-0.2, 0) is 32.7 Å². The van der Waals surface area contributed by atoms with E-state index >= 15 is 0 Å². The number of likely N-dealkylation sites (N-methyl/N-ethyl adjacent to an activating group) is 1. The van der Waals surface area contributed by atoms with E-state index in [1.165, 1.54) is 148 Å². The molecule has 364 valence electrons. The molecule has 0 spiro atoms. The first-order chi connectivity index (χ1) is 30.0. The molecule has 9 nitrogen and oxygen atoms in total. The fourth-order valence-electron chi connectivity index (χ4n) is 7.24. The number of allylic oxidation sites excluding steroid dienone is 5. The van der Waals surface area contributed by atoms with Crippen LogP contribution in [0.4, 0.5) is 0 Å². The first-order valence-corrected chi connectivity index (χ1v) is 27.1. The van der Waals surface area contributed by atoms with Crippen LogP contribution in [0.5, 0.6) is 0 Å². The number of nitrogens with zero attached hydrogens (tertiary/aromatic N) is 1. The Labute approximate surface area is 382 Å². The molecule has 0 aliphatic heterocycles. The van der Waals surface area contributed by atoms with E-state index in [9.17, 15) is 19.0 Å². The molecular formula is C52H98NO8P. The SMILES string of the molecule is C=CCCCCCCCCCCCCCCCC(=O)O[C@@H](COC(=O)CCC/C=C/CC/C=C/CCCCCCCCCCCCCCCC)COP(=O)([O-])OCC[N+](C)(C)C. The molecule has 1 unspecified atom stereocenters. The molecule has 0 fully saturated rings. The lowest BCUT2D eigenvalue weighted by Gasteiger charge is -2.28. The number of phosphoric ester groups is 1. The van der Waals surface area contributed by atoms with Gasteiger partial charge in [-0.2, -0.15) is 0 Å². The van der Waals surface area contributed by atoms with E-state index in [0.717, 1.165) is 51.4 Å². The zero-order valence-corrected chi connectivity index (χ0v) is 41.8. The van der Waals surface area contributed by atoms with Crippen molar-refractivity contribution in [1.29, 1.82) is 0 Å². The van der Waals surface area contributed by atoms with Crippen molar-refractivity contribution in [1.82, 2.24) is 0 Å². The summed E-state index contributed by atoms with van der Waals surface area (Å²) in [4.78, 5) is 37.7. The molecule has 0 bridgehead atoms. The first-order valence-electron chi connectivity index (χ1n) is 25.7. The van der Waals surface area contributed by atoms with Crippen LogP contribution < -0.4 is 4.89 Å². The van der Waals surface area contributed by atoms with Gasteiger partial charge in [-0.15, -0.1) is 6.58 Å². The van der Waals surface area contributed by atoms with Crippen LogP contribution >= 0.6 is 7.82 Å². The Morgan fingerprint density at radius 3 is 1.40 bits per heavy atom. The number of hydrogen-bond acceptors (Lipinski definition) is 8. The Hall–Kier alpha value is -1.77. The second-order valence-corrected chi connectivity index (χ2v) is 20.0. The molecule has 0 rings (SSSR count). The van der Waals surface area contributed by atoms with Gasteiger partial charge >= 0.3 is 11.9 Å². The fourth-order valence-corrected chi connectivity index (χ4v) is 7.97. The second-order valence-electron chi connectivity index (χ2n) is 18.6. The zero-order chi connectivity index (χ0) is 45.7. The summed E-state index contributed by atoms with van der Waals surface area (Å²) in [6.45, 7) is 5.74. The van der Waals surface area contributed by atoms with Gasteiger partial charge in [0.15, 0.2) is 6.10 Å². The molecule has 0 heterocycles. The number of quaternary nitrogens is 1. The van der Waals surface area contributed by atoms with Crippen LogP contribution in [0, 0.1) is 0 Å². The van der Waals surface area contributed by atoms with Gasteiger partial charge in [-0.05, 0) is 57.8 Å². The van der Waals surface area contributed by atoms with Crippen molar-refractivity contribution < 1.29 is 42.1 Å². The van der Waals surface area contributed by atoms with E-state index in [-0.39, 0.29) is 26.1 Å². The minimum absolute atomic E-state index is 0.0366. The smallest absolute Gasteiger partial charge is 0.306 e. The summed E-state index contributed by atoms with van der Waals surface area (Å²) >= 11 is 0. The van der Waals surface area contributed by atoms with Gasteiger partial charge in [0, 0.05) is 12.8 Å². The number of ether oxygens (including phenoxy) is 2. The highest BCUT2D eigenvalue weighted by molar-refractivity contribution is 7.45. The van der Waals surface area contributed by atoms with Gasteiger partial charge in [0.25, 0.3) is 7.82 Å². The third kappa shape index (κ3) is 47.7. The highest BCUT2D eigenvalue weighted by Gasteiger charge is 2.21. The van der Waals surface area contributed by atoms with Crippen molar-refractivity contribution in [3.05, 3.63) is 37.0 Å². The molecule has 0 saturated heterocycles. The topological polar surface area (TPSA) is 111 Å². The molecule has 2 atom stereocenters. The lowest BCUT2D eigenvalue weighted by Crippen LogP contribution is -2.37. The minimum Gasteiger partial charge on any atom is -0.756 e. The Morgan fingerprint density at radius 2 is 0.935 bits per heavy atom. The van der Waals surface area contributed by atoms with E-state index < -0.39 is 32.5 Å². The van der Waals surface area contributed by atoms with Gasteiger partial charge in [0.2, 0.25) is 0 Å². The summed E-state index contributed by atoms with van der Waals surface area (Å²) in [5, 5.41) is 0. The molecule has 0 N–H and O–H groups in total. The first kappa shape index (κ1) is 60.2. The van der Waals surface area contributed by atoms with Crippen LogP contribution in [0.15, 0.2) is 37.0 Å². The number of hydrogen-bond donors (Lipinski definition) is 0. The monoisotopic (exact) mass is 896 g/mol. The predicted octanol–water partition coefficient (Wildman–Crippen LogP) is 14.6. The molecule has 0 aromatic heterocycles. The quantitative estimate of drug-likeness (QED) is 0.0195. The molecule has 0 aromatic carbocycles. The highest BCUT2D eigenvalue weighted by atomic mass is 31.2. The molecule has 0 aliphatic rings. The fraction of sp³-hybridized carbons (Fsp3) is 0.846. The maximum absolute atomic E-state index is 12.7. The predicted molar refractivity (Wildman–Crippen MR) is 259 cm³/mol. The Balaban J connectivity index is 4.24. The number of unbranched alkanes of at least 4 members (excludes halogenated alkanes) is 29. The zero-order valence-electron chi connectivity index (χ0n) is 40.9. The van der Waals surface area contributed by atoms with Gasteiger partial charge < -0.3 is 27.9 Å². The Morgan fingerprint density at radius 1 is 0.532 bits per heavy atom. The van der Waals surface area contributed by atoms with Crippen molar-refractivity contribution in [3.63, 3.8) is 0 Å². The Bertz CT molecular complexity index is 1140. The van der Waals surface area contributed by atoms with Crippen LogP contribution in [0.2, 0.25) is 0 Å². The summed E-state index contributed by atoms with van der Waals surface area (Å²) in [5.74, 6) is -0.879. The van der Waals surface area contributed by atoms with Crippen molar-refractivity contribution in [3.8, 4) is 0 Å². The summed E-state index contributed by atoms with van der Waals surface area (Å²) in [5.41, 5.74) is 0. The maximum atomic E-state index is 12.7. The van der Waals surface area contributed by atoms with E-state index in [0.29, 0.717) is 23.9 Å². The van der Waals surface area contributed by atoms with E-state index in [1.807, 2.05) is 27.2 Å². The van der Waals surface area contributed by atoms with Crippen molar-refractivity contribution in [2.75, 3.05) is 47.5 Å². The van der Waals surface area contributed by atoms with Crippen molar-refractivity contribution >= 4 is 19.8 Å². The molecule has 10 heteroatoms. The number of carbonyl (C=O) groups excluding carboxylic acids is 2. The summed E-state index contributed by atoms with van der Waals surface area (Å²) in [6, 6.07) is 0. The number of carbonyl (C=O) groups is 2. The van der Waals surface area contributed by atoms with Crippen LogP contribution in [0.25, 0.3) is 0 Å². The summed E-state index contributed by atoms with van der Waals surface area (Å²) < 4.78 is 34.0.